The van der Waals surface area contributed by atoms with Crippen LogP contribution in [0.1, 0.15) is 394 Å². The normalized spacial score (nSPS) is 13.9. The largest absolute Gasteiger partial charge is 0.472 e. The summed E-state index contributed by atoms with van der Waals surface area (Å²) in [6.45, 7) is 4.85. The van der Waals surface area contributed by atoms with E-state index in [-0.39, 0.29) is 25.7 Å². The molecule has 0 aromatic rings. The van der Waals surface area contributed by atoms with Crippen LogP contribution in [0, 0.1) is 0 Å². The number of hydrogen-bond donors (Lipinski definition) is 3. The van der Waals surface area contributed by atoms with Gasteiger partial charge in [-0.05, 0) is 25.7 Å². The van der Waals surface area contributed by atoms with Gasteiger partial charge in [0.1, 0.15) is 19.3 Å². The summed E-state index contributed by atoms with van der Waals surface area (Å²) in [7, 11) is -9.89. The van der Waals surface area contributed by atoms with E-state index in [4.69, 9.17) is 37.0 Å². The lowest BCUT2D eigenvalue weighted by Crippen LogP contribution is -2.30. The first kappa shape index (κ1) is 91.1. The zero-order chi connectivity index (χ0) is 68.2. The van der Waals surface area contributed by atoms with Crippen LogP contribution in [0.5, 0.6) is 0 Å². The van der Waals surface area contributed by atoms with Crippen LogP contribution in [0.15, 0.2) is 0 Å². The lowest BCUT2D eigenvalue weighted by Gasteiger charge is -2.21. The van der Waals surface area contributed by atoms with Gasteiger partial charge in [-0.1, -0.05) is 342 Å². The van der Waals surface area contributed by atoms with Crippen molar-refractivity contribution in [2.75, 3.05) is 39.6 Å². The van der Waals surface area contributed by atoms with E-state index in [0.717, 1.165) is 103 Å². The van der Waals surface area contributed by atoms with Crippen LogP contribution in [0.4, 0.5) is 0 Å². The third kappa shape index (κ3) is 68.4. The molecule has 0 fully saturated rings. The molecule has 19 heteroatoms. The van der Waals surface area contributed by atoms with Gasteiger partial charge in [0, 0.05) is 25.7 Å². The number of carbonyl (C=O) groups is 4. The van der Waals surface area contributed by atoms with Gasteiger partial charge in [0.25, 0.3) is 0 Å². The second kappa shape index (κ2) is 68.6. The Balaban J connectivity index is 5.07. The molecule has 3 N–H and O–H groups in total. The molecule has 0 amide bonds. The van der Waals surface area contributed by atoms with Crippen molar-refractivity contribution in [1.82, 2.24) is 0 Å². The van der Waals surface area contributed by atoms with Crippen LogP contribution in [0.3, 0.4) is 0 Å². The second-order valence-corrected chi connectivity index (χ2v) is 29.6. The molecule has 2 unspecified atom stereocenters. The molecule has 0 aliphatic carbocycles. The van der Waals surface area contributed by atoms with Crippen LogP contribution >= 0.6 is 15.6 Å². The van der Waals surface area contributed by atoms with E-state index in [2.05, 4.69) is 27.7 Å². The number of unbranched alkanes of at least 4 members (excludes halogenated alkanes) is 49. The second-order valence-electron chi connectivity index (χ2n) is 26.7. The predicted molar refractivity (Wildman–Crippen MR) is 377 cm³/mol. The molecule has 0 saturated carbocycles. The highest BCUT2D eigenvalue weighted by atomic mass is 31.2. The van der Waals surface area contributed by atoms with Gasteiger partial charge in [0.15, 0.2) is 12.2 Å². The smallest absolute Gasteiger partial charge is 0.462 e. The SMILES string of the molecule is CCCCCCCCCCCCCCCCCCCCCCC(=O)OC[C@H](COP(=O)(O)OC[C@@H](O)COP(=O)(O)OC[C@@H](COC(=O)CCCCCCC)OC(=O)CCCCCCCCCC)OC(=O)CCCCCCCCCCCCCCCCCCCCCC. The van der Waals surface area contributed by atoms with E-state index in [1.165, 1.54) is 212 Å². The fourth-order valence-corrected chi connectivity index (χ4v) is 13.0. The minimum atomic E-state index is -4.95. The number of carbonyl (C=O) groups excluding carboxylic acids is 4. The average molecular weight is 1370 g/mol. The lowest BCUT2D eigenvalue weighted by atomic mass is 10.0. The quantitative estimate of drug-likeness (QED) is 0.0222. The van der Waals surface area contributed by atoms with E-state index < -0.39 is 97.5 Å². The van der Waals surface area contributed by atoms with Crippen LogP contribution in [-0.2, 0) is 65.4 Å². The molecule has 0 aliphatic rings. The molecule has 0 heterocycles. The first-order chi connectivity index (χ1) is 45.2. The van der Waals surface area contributed by atoms with E-state index in [1.54, 1.807) is 0 Å². The summed E-state index contributed by atoms with van der Waals surface area (Å²) in [5.74, 6) is -2.13. The highest BCUT2D eigenvalue weighted by Gasteiger charge is 2.30. The first-order valence-electron chi connectivity index (χ1n) is 38.8. The lowest BCUT2D eigenvalue weighted by molar-refractivity contribution is -0.161. The van der Waals surface area contributed by atoms with Crippen molar-refractivity contribution in [3.8, 4) is 0 Å². The number of rotatable bonds is 75. The first-order valence-corrected chi connectivity index (χ1v) is 41.8. The van der Waals surface area contributed by atoms with Crippen molar-refractivity contribution < 1.29 is 80.2 Å². The number of esters is 4. The van der Waals surface area contributed by atoms with Gasteiger partial charge < -0.3 is 33.8 Å². The zero-order valence-electron chi connectivity index (χ0n) is 60.2. The zero-order valence-corrected chi connectivity index (χ0v) is 62.0. The molecule has 0 bridgehead atoms. The summed E-state index contributed by atoms with van der Waals surface area (Å²) < 4.78 is 68.1. The Labute approximate surface area is 568 Å². The molecule has 0 saturated heterocycles. The molecular formula is C74H144O17P2. The van der Waals surface area contributed by atoms with Crippen LogP contribution in [0.2, 0.25) is 0 Å². The van der Waals surface area contributed by atoms with Crippen molar-refractivity contribution in [1.29, 1.82) is 0 Å². The minimum absolute atomic E-state index is 0.105. The third-order valence-electron chi connectivity index (χ3n) is 17.4. The number of ether oxygens (including phenoxy) is 4. The molecule has 0 aliphatic heterocycles. The number of hydrogen-bond acceptors (Lipinski definition) is 15. The molecule has 0 spiro atoms. The molecule has 5 atom stereocenters. The fourth-order valence-electron chi connectivity index (χ4n) is 11.4. The monoisotopic (exact) mass is 1370 g/mol. The number of aliphatic hydroxyl groups is 1. The van der Waals surface area contributed by atoms with Gasteiger partial charge in [-0.15, -0.1) is 0 Å². The van der Waals surface area contributed by atoms with E-state index in [1.807, 2.05) is 0 Å². The summed E-state index contributed by atoms with van der Waals surface area (Å²) in [5, 5.41) is 10.6. The number of phosphoric acid groups is 2. The predicted octanol–water partition coefficient (Wildman–Crippen LogP) is 21.8. The fraction of sp³-hybridized carbons (Fsp3) is 0.946. The van der Waals surface area contributed by atoms with Gasteiger partial charge in [-0.25, -0.2) is 9.13 Å². The Kier molecular flexibility index (Phi) is 67.1. The molecule has 0 aromatic heterocycles. The van der Waals surface area contributed by atoms with E-state index in [0.29, 0.717) is 25.7 Å². The Morgan fingerprint density at radius 2 is 0.430 bits per heavy atom. The van der Waals surface area contributed by atoms with Gasteiger partial charge in [0.2, 0.25) is 0 Å². The van der Waals surface area contributed by atoms with Crippen LogP contribution < -0.4 is 0 Å². The maximum absolute atomic E-state index is 13.1. The highest BCUT2D eigenvalue weighted by Crippen LogP contribution is 2.45. The molecule has 0 radical (unpaired) electrons. The molecule has 552 valence electrons. The standard InChI is InChI=1S/C74H144O17P2/c1-5-9-13-17-20-23-25-27-29-31-33-35-37-39-41-43-45-48-51-55-59-72(77)85-65-70(91-74(79)61-57-53-49-46-44-42-40-38-36-34-32-30-28-26-24-21-18-14-10-6-2)67-89-93(82,83)87-63-68(75)62-86-92(80,81)88-66-69(64-84-71(76)58-54-50-16-12-8-4)90-73(78)60-56-52-47-22-19-15-11-7-3/h68-70,75H,5-67H2,1-4H3,(H,80,81)(H,82,83)/t68-,69+,70+/m0/s1. The van der Waals surface area contributed by atoms with Crippen molar-refractivity contribution >= 4 is 39.5 Å². The Morgan fingerprint density at radius 1 is 0.258 bits per heavy atom. The summed E-state index contributed by atoms with van der Waals surface area (Å²) in [6, 6.07) is 0. The van der Waals surface area contributed by atoms with Gasteiger partial charge in [-0.2, -0.15) is 0 Å². The van der Waals surface area contributed by atoms with Crippen molar-refractivity contribution in [3.05, 3.63) is 0 Å². The van der Waals surface area contributed by atoms with Crippen molar-refractivity contribution in [2.24, 2.45) is 0 Å². The maximum atomic E-state index is 13.1. The summed E-state index contributed by atoms with van der Waals surface area (Å²) in [5.41, 5.74) is 0. The molecule has 93 heavy (non-hydrogen) atoms. The van der Waals surface area contributed by atoms with Gasteiger partial charge >= 0.3 is 39.5 Å². The minimum Gasteiger partial charge on any atom is -0.462 e. The van der Waals surface area contributed by atoms with Gasteiger partial charge in [0.05, 0.1) is 26.4 Å². The number of aliphatic hydroxyl groups excluding tert-OH is 1. The van der Waals surface area contributed by atoms with E-state index >= 15 is 0 Å². The molecule has 0 aromatic carbocycles. The summed E-state index contributed by atoms with van der Waals surface area (Å²) in [6.07, 6.45) is 59.0. The third-order valence-corrected chi connectivity index (χ3v) is 19.3. The van der Waals surface area contributed by atoms with Crippen LogP contribution in [0.25, 0.3) is 0 Å². The Bertz CT molecular complexity index is 1770. The van der Waals surface area contributed by atoms with Crippen LogP contribution in [-0.4, -0.2) is 96.7 Å². The molecular weight excluding hydrogens is 1220 g/mol. The topological polar surface area (TPSA) is 237 Å². The maximum Gasteiger partial charge on any atom is 0.472 e. The summed E-state index contributed by atoms with van der Waals surface area (Å²) in [4.78, 5) is 72.3. The van der Waals surface area contributed by atoms with E-state index in [9.17, 15) is 43.2 Å². The Morgan fingerprint density at radius 3 is 0.634 bits per heavy atom. The Hall–Kier alpha value is -1.94. The molecule has 17 nitrogen and oxygen atoms in total. The highest BCUT2D eigenvalue weighted by molar-refractivity contribution is 7.47. The molecule has 0 rings (SSSR count). The average Bonchev–Trinajstić information content (AvgIpc) is 2.04. The number of phosphoric ester groups is 2. The van der Waals surface area contributed by atoms with Gasteiger partial charge in [-0.3, -0.25) is 37.3 Å². The van der Waals surface area contributed by atoms with Crippen molar-refractivity contribution in [2.45, 2.75) is 412 Å². The van der Waals surface area contributed by atoms with Crippen molar-refractivity contribution in [3.63, 3.8) is 0 Å². The summed E-state index contributed by atoms with van der Waals surface area (Å²) >= 11 is 0.